The Morgan fingerprint density at radius 1 is 1.00 bits per heavy atom. The Hall–Kier alpha value is -3.78. The summed E-state index contributed by atoms with van der Waals surface area (Å²) in [6, 6.07) is 21.5. The van der Waals surface area contributed by atoms with Crippen LogP contribution >= 0.6 is 11.8 Å². The van der Waals surface area contributed by atoms with E-state index in [-0.39, 0.29) is 6.61 Å². The maximum atomic E-state index is 10.4. The molecule has 1 heterocycles. The molecule has 0 radical (unpaired) electrons. The Balaban J connectivity index is 1.60. The summed E-state index contributed by atoms with van der Waals surface area (Å²) in [5.74, 6) is 1.35. The second-order valence-corrected chi connectivity index (χ2v) is 7.85. The van der Waals surface area contributed by atoms with Gasteiger partial charge in [-0.2, -0.15) is 0 Å². The molecule has 0 bridgehead atoms. The molecule has 0 atom stereocenters. The number of aromatic nitrogens is 3. The molecule has 0 amide bonds. The molecule has 4 aromatic rings. The van der Waals surface area contributed by atoms with E-state index in [0.29, 0.717) is 18.0 Å². The highest BCUT2D eigenvalue weighted by Gasteiger charge is 2.14. The van der Waals surface area contributed by atoms with E-state index in [2.05, 4.69) is 16.4 Å². The van der Waals surface area contributed by atoms with Crippen LogP contribution in [0.5, 0.6) is 11.5 Å². The fourth-order valence-corrected chi connectivity index (χ4v) is 4.11. The van der Waals surface area contributed by atoms with Gasteiger partial charge >= 0.3 is 0 Å². The zero-order valence-corrected chi connectivity index (χ0v) is 18.4. The van der Waals surface area contributed by atoms with Crippen molar-refractivity contribution in [3.8, 4) is 28.4 Å². The number of hydrogen-bond donors (Lipinski definition) is 0. The summed E-state index contributed by atoms with van der Waals surface area (Å²) in [6.07, 6.45) is 1.88. The largest absolute Gasteiger partial charge is 0.497 e. The fraction of sp³-hybridized carbons (Fsp3) is 0.125. The summed E-state index contributed by atoms with van der Waals surface area (Å²) in [4.78, 5) is 12.5. The summed E-state index contributed by atoms with van der Waals surface area (Å²) in [5.41, 5.74) is 3.43. The first kappa shape index (κ1) is 21.5. The van der Waals surface area contributed by atoms with Gasteiger partial charge in [-0.1, -0.05) is 47.3 Å². The lowest BCUT2D eigenvalue weighted by atomic mass is 10.2. The van der Waals surface area contributed by atoms with E-state index in [4.69, 9.17) is 14.2 Å². The number of rotatable bonds is 9. The molecule has 0 saturated carbocycles. The molecule has 0 N–H and O–H groups in total. The monoisotopic (exact) mass is 447 g/mol. The van der Waals surface area contributed by atoms with Gasteiger partial charge in [0.1, 0.15) is 29.5 Å². The van der Waals surface area contributed by atoms with Gasteiger partial charge in [0.05, 0.1) is 20.4 Å². The summed E-state index contributed by atoms with van der Waals surface area (Å²) >= 11 is 1.63. The second-order valence-electron chi connectivity index (χ2n) is 6.74. The number of nitrogens with zero attached hydrogens (tertiary/aromatic N) is 3. The van der Waals surface area contributed by atoms with Gasteiger partial charge in [0, 0.05) is 21.4 Å². The molecule has 7 nitrogen and oxygen atoms in total. The molecule has 0 unspecified atom stereocenters. The number of benzene rings is 3. The molecule has 0 aliphatic rings. The maximum Gasteiger partial charge on any atom is 0.293 e. The third kappa shape index (κ3) is 4.76. The van der Waals surface area contributed by atoms with E-state index >= 15 is 0 Å². The summed E-state index contributed by atoms with van der Waals surface area (Å²) < 4.78 is 17.3. The lowest BCUT2D eigenvalue weighted by molar-refractivity contribution is -0.129. The van der Waals surface area contributed by atoms with Crippen LogP contribution < -0.4 is 9.47 Å². The van der Waals surface area contributed by atoms with Crippen molar-refractivity contribution in [2.45, 2.75) is 16.4 Å². The standard InChI is InChI=1S/C24H21N3O4S/c1-29-18-9-12-22(23(13-18)30-2)27-14-21(25-26-27)20-5-3-4-6-24(20)32-19-10-7-17(8-11-19)15-31-16-28/h3-14,16H,15H2,1-2H3. The number of carbonyl (C=O) groups is 1. The van der Waals surface area contributed by atoms with Gasteiger partial charge in [0.2, 0.25) is 0 Å². The average molecular weight is 448 g/mol. The van der Waals surface area contributed by atoms with Gasteiger partial charge in [-0.05, 0) is 35.9 Å². The average Bonchev–Trinajstić information content (AvgIpc) is 3.33. The molecule has 0 aliphatic heterocycles. The zero-order chi connectivity index (χ0) is 22.3. The summed E-state index contributed by atoms with van der Waals surface area (Å²) in [5, 5.41) is 8.70. The van der Waals surface area contributed by atoms with E-state index in [1.54, 1.807) is 30.7 Å². The molecule has 3 aromatic carbocycles. The number of carbonyl (C=O) groups excluding carboxylic acids is 1. The fourth-order valence-electron chi connectivity index (χ4n) is 3.16. The van der Waals surface area contributed by atoms with Gasteiger partial charge < -0.3 is 14.2 Å². The highest BCUT2D eigenvalue weighted by atomic mass is 32.2. The molecular formula is C24H21N3O4S. The number of methoxy groups -OCH3 is 2. The molecule has 4 rings (SSSR count). The summed E-state index contributed by atoms with van der Waals surface area (Å²) in [6.45, 7) is 0.719. The molecule has 0 fully saturated rings. The highest BCUT2D eigenvalue weighted by Crippen LogP contribution is 2.36. The topological polar surface area (TPSA) is 75.5 Å². The molecule has 1 aromatic heterocycles. The van der Waals surface area contributed by atoms with Crippen molar-refractivity contribution in [2.75, 3.05) is 14.2 Å². The third-order valence-electron chi connectivity index (χ3n) is 4.76. The van der Waals surface area contributed by atoms with Crippen molar-refractivity contribution in [3.63, 3.8) is 0 Å². The van der Waals surface area contributed by atoms with Crippen LogP contribution in [0.15, 0.2) is 82.7 Å². The van der Waals surface area contributed by atoms with Crippen LogP contribution in [0.3, 0.4) is 0 Å². The van der Waals surface area contributed by atoms with E-state index in [0.717, 1.165) is 32.3 Å². The molecule has 8 heteroatoms. The zero-order valence-electron chi connectivity index (χ0n) is 17.6. The van der Waals surface area contributed by atoms with Crippen LogP contribution in [0.4, 0.5) is 0 Å². The lowest BCUT2D eigenvalue weighted by Crippen LogP contribution is -1.99. The molecule has 162 valence electrons. The van der Waals surface area contributed by atoms with Crippen molar-refractivity contribution in [3.05, 3.63) is 78.5 Å². The van der Waals surface area contributed by atoms with Crippen LogP contribution in [0, 0.1) is 0 Å². The van der Waals surface area contributed by atoms with Gasteiger partial charge in [-0.25, -0.2) is 4.68 Å². The van der Waals surface area contributed by atoms with Crippen LogP contribution in [0.25, 0.3) is 16.9 Å². The van der Waals surface area contributed by atoms with Gasteiger partial charge in [0.15, 0.2) is 0 Å². The van der Waals surface area contributed by atoms with Gasteiger partial charge in [-0.3, -0.25) is 4.79 Å². The maximum absolute atomic E-state index is 10.4. The predicted molar refractivity (Wildman–Crippen MR) is 121 cm³/mol. The van der Waals surface area contributed by atoms with Gasteiger partial charge in [0.25, 0.3) is 6.47 Å². The van der Waals surface area contributed by atoms with Gasteiger partial charge in [-0.15, -0.1) is 5.10 Å². The quantitative estimate of drug-likeness (QED) is 0.342. The first-order valence-electron chi connectivity index (χ1n) is 9.78. The molecule has 32 heavy (non-hydrogen) atoms. The van der Waals surface area contributed by atoms with Crippen LogP contribution in [-0.2, 0) is 16.1 Å². The second kappa shape index (κ2) is 10.0. The third-order valence-corrected chi connectivity index (χ3v) is 5.84. The minimum absolute atomic E-state index is 0.267. The minimum Gasteiger partial charge on any atom is -0.497 e. The van der Waals surface area contributed by atoms with Crippen molar-refractivity contribution >= 4 is 18.2 Å². The molecule has 0 spiro atoms. The number of ether oxygens (including phenoxy) is 3. The Morgan fingerprint density at radius 3 is 2.56 bits per heavy atom. The lowest BCUT2D eigenvalue weighted by Gasteiger charge is -2.09. The Morgan fingerprint density at radius 2 is 1.81 bits per heavy atom. The smallest absolute Gasteiger partial charge is 0.293 e. The normalized spacial score (nSPS) is 10.6. The van der Waals surface area contributed by atoms with E-state index < -0.39 is 0 Å². The minimum atomic E-state index is 0.267. The van der Waals surface area contributed by atoms with Crippen LogP contribution in [0.2, 0.25) is 0 Å². The van der Waals surface area contributed by atoms with Crippen molar-refractivity contribution < 1.29 is 19.0 Å². The van der Waals surface area contributed by atoms with E-state index in [9.17, 15) is 4.79 Å². The summed E-state index contributed by atoms with van der Waals surface area (Å²) in [7, 11) is 3.22. The van der Waals surface area contributed by atoms with E-state index in [1.165, 1.54) is 0 Å². The van der Waals surface area contributed by atoms with E-state index in [1.807, 2.05) is 66.9 Å². The van der Waals surface area contributed by atoms with Crippen LogP contribution in [0.1, 0.15) is 5.56 Å². The van der Waals surface area contributed by atoms with Crippen molar-refractivity contribution in [2.24, 2.45) is 0 Å². The van der Waals surface area contributed by atoms with Crippen molar-refractivity contribution in [1.82, 2.24) is 15.0 Å². The Bertz CT molecular complexity index is 1210. The highest BCUT2D eigenvalue weighted by molar-refractivity contribution is 7.99. The molecule has 0 aliphatic carbocycles. The number of hydrogen-bond acceptors (Lipinski definition) is 7. The first-order valence-corrected chi connectivity index (χ1v) is 10.6. The van der Waals surface area contributed by atoms with Crippen molar-refractivity contribution in [1.29, 1.82) is 0 Å². The molecular weight excluding hydrogens is 426 g/mol. The molecule has 0 saturated heterocycles. The van der Waals surface area contributed by atoms with Crippen LogP contribution in [-0.4, -0.2) is 35.7 Å². The first-order chi connectivity index (χ1) is 15.7. The SMILES string of the molecule is COc1ccc(-n2cc(-c3ccccc3Sc3ccc(COC=O)cc3)nn2)c(OC)c1. The Kier molecular flexibility index (Phi) is 6.72. The Labute approximate surface area is 189 Å². The predicted octanol–water partition coefficient (Wildman–Crippen LogP) is 4.78.